The Balaban J connectivity index is 1.21. The number of anilines is 3. The van der Waals surface area contributed by atoms with Crippen molar-refractivity contribution in [2.45, 2.75) is 69.2 Å². The Morgan fingerprint density at radius 2 is 1.63 bits per heavy atom. The largest absolute Gasteiger partial charge is 0.480 e. The molecule has 2 aromatic carbocycles. The van der Waals surface area contributed by atoms with E-state index >= 15 is 0 Å². The Morgan fingerprint density at radius 1 is 0.961 bits per heavy atom. The monoisotopic (exact) mass is 732 g/mol. The molecule has 0 bridgehead atoms. The van der Waals surface area contributed by atoms with Crippen LogP contribution in [-0.2, 0) is 19.9 Å². The number of amides is 3. The molecule has 0 radical (unpaired) electrons. The van der Waals surface area contributed by atoms with Crippen molar-refractivity contribution in [3.8, 4) is 6.01 Å². The van der Waals surface area contributed by atoms with Crippen molar-refractivity contribution in [3.63, 3.8) is 0 Å². The molecular formula is C33H36ClF3N8O6. The van der Waals surface area contributed by atoms with Gasteiger partial charge in [-0.05, 0) is 73.6 Å². The van der Waals surface area contributed by atoms with Crippen molar-refractivity contribution < 1.29 is 42.2 Å². The van der Waals surface area contributed by atoms with E-state index in [2.05, 4.69) is 41.5 Å². The maximum atomic E-state index is 12.9. The first-order valence-corrected chi connectivity index (χ1v) is 16.6. The molecule has 2 fully saturated rings. The maximum Gasteiger partial charge on any atom is 0.422 e. The second-order valence-corrected chi connectivity index (χ2v) is 12.9. The van der Waals surface area contributed by atoms with Crippen molar-refractivity contribution in [3.05, 3.63) is 64.7 Å². The average molecular weight is 733 g/mol. The molecule has 2 saturated carbocycles. The molecule has 6 N–H and O–H groups in total. The lowest BCUT2D eigenvalue weighted by molar-refractivity contribution is -0.154. The Bertz CT molecular complexity index is 1740. The highest BCUT2D eigenvalue weighted by Gasteiger charge is 2.45. The quantitative estimate of drug-likeness (QED) is 0.137. The lowest BCUT2D eigenvalue weighted by Crippen LogP contribution is -2.52. The van der Waals surface area contributed by atoms with E-state index in [1.54, 1.807) is 12.1 Å². The molecule has 18 heteroatoms. The Hall–Kier alpha value is -5.19. The first-order valence-electron chi connectivity index (χ1n) is 16.2. The van der Waals surface area contributed by atoms with Crippen molar-refractivity contribution in [1.29, 1.82) is 0 Å². The number of alkyl halides is 3. The van der Waals surface area contributed by atoms with Gasteiger partial charge in [-0.25, -0.2) is 4.79 Å². The highest BCUT2D eigenvalue weighted by atomic mass is 35.5. The Labute approximate surface area is 295 Å². The van der Waals surface area contributed by atoms with Crippen molar-refractivity contribution in [1.82, 2.24) is 30.9 Å². The number of nitrogens with one attached hydrogen (secondary N) is 5. The zero-order valence-corrected chi connectivity index (χ0v) is 28.1. The fraction of sp³-hybridized carbons (Fsp3) is 0.424. The molecule has 1 aromatic heterocycles. The van der Waals surface area contributed by atoms with Crippen LogP contribution in [0.3, 0.4) is 0 Å². The second kappa shape index (κ2) is 15.8. The number of carbonyl (C=O) groups excluding carboxylic acids is 3. The van der Waals surface area contributed by atoms with Crippen LogP contribution in [0.15, 0.2) is 48.5 Å². The zero-order valence-electron chi connectivity index (χ0n) is 27.3. The van der Waals surface area contributed by atoms with Crippen LogP contribution in [0.1, 0.15) is 61.4 Å². The molecule has 0 spiro atoms. The highest BCUT2D eigenvalue weighted by Crippen LogP contribution is 2.48. The Morgan fingerprint density at radius 3 is 2.25 bits per heavy atom. The van der Waals surface area contributed by atoms with Gasteiger partial charge >= 0.3 is 30.0 Å². The predicted octanol–water partition coefficient (Wildman–Crippen LogP) is 4.31. The van der Waals surface area contributed by atoms with E-state index in [0.717, 1.165) is 31.2 Å². The van der Waals surface area contributed by atoms with E-state index in [0.29, 0.717) is 23.6 Å². The van der Waals surface area contributed by atoms with Gasteiger partial charge in [0.2, 0.25) is 11.9 Å². The lowest BCUT2D eigenvalue weighted by atomic mass is 9.86. The molecule has 3 aromatic rings. The predicted molar refractivity (Wildman–Crippen MR) is 179 cm³/mol. The number of carboxylic acids is 1. The fourth-order valence-corrected chi connectivity index (χ4v) is 5.71. The second-order valence-electron chi connectivity index (χ2n) is 12.5. The van der Waals surface area contributed by atoms with Crippen LogP contribution in [0.25, 0.3) is 0 Å². The number of ether oxygens (including phenoxy) is 1. The molecule has 2 aliphatic carbocycles. The van der Waals surface area contributed by atoms with Crippen LogP contribution in [0.4, 0.5) is 30.8 Å². The van der Waals surface area contributed by atoms with Crippen LogP contribution in [0.5, 0.6) is 6.01 Å². The van der Waals surface area contributed by atoms with E-state index in [1.165, 1.54) is 24.3 Å². The van der Waals surface area contributed by atoms with Crippen molar-refractivity contribution in [2.24, 2.45) is 5.92 Å². The minimum Gasteiger partial charge on any atom is -0.480 e. The van der Waals surface area contributed by atoms with Gasteiger partial charge < -0.3 is 36.4 Å². The van der Waals surface area contributed by atoms with Gasteiger partial charge in [-0.2, -0.15) is 28.1 Å². The number of halogens is 4. The number of nitrogens with zero attached hydrogens (tertiary/aromatic N) is 3. The smallest absolute Gasteiger partial charge is 0.422 e. The molecule has 272 valence electrons. The number of benzene rings is 2. The molecule has 14 nitrogen and oxygen atoms in total. The average Bonchev–Trinajstić information content (AvgIpc) is 3.86. The first kappa shape index (κ1) is 37.1. The Kier molecular flexibility index (Phi) is 11.5. The van der Waals surface area contributed by atoms with Gasteiger partial charge in [0.1, 0.15) is 6.04 Å². The van der Waals surface area contributed by atoms with Gasteiger partial charge in [0, 0.05) is 28.9 Å². The van der Waals surface area contributed by atoms with Crippen LogP contribution in [-0.4, -0.2) is 75.2 Å². The molecule has 0 aliphatic heterocycles. The summed E-state index contributed by atoms with van der Waals surface area (Å²) in [5, 5.41) is 23.4. The van der Waals surface area contributed by atoms with E-state index in [-0.39, 0.29) is 29.4 Å². The van der Waals surface area contributed by atoms with Gasteiger partial charge in [0.25, 0.3) is 5.91 Å². The minimum absolute atomic E-state index is 0.0408. The molecule has 51 heavy (non-hydrogen) atoms. The maximum absolute atomic E-state index is 12.9. The SMILES string of the molecule is CC1CCCCC1NC(=O)C(=O)NC[C@H](NC(=O)c1ccc(Nc2nc(NC3(c4ccc(Cl)cc4)CC3)nc(OCC(F)(F)F)n2)cc1)C(=O)O. The van der Waals surface area contributed by atoms with Crippen LogP contribution < -0.4 is 31.3 Å². The van der Waals surface area contributed by atoms with Crippen LogP contribution >= 0.6 is 11.6 Å². The highest BCUT2D eigenvalue weighted by molar-refractivity contribution is 6.35. The van der Waals surface area contributed by atoms with E-state index < -0.39 is 60.6 Å². The third-order valence-electron chi connectivity index (χ3n) is 8.59. The van der Waals surface area contributed by atoms with Gasteiger partial charge in [-0.3, -0.25) is 14.4 Å². The summed E-state index contributed by atoms with van der Waals surface area (Å²) in [6.07, 6.45) is 0.433. The molecule has 2 aliphatic rings. The number of hydrogen-bond acceptors (Lipinski definition) is 10. The van der Waals surface area contributed by atoms with Crippen molar-refractivity contribution in [2.75, 3.05) is 23.8 Å². The topological polar surface area (TPSA) is 197 Å². The molecular weight excluding hydrogens is 697 g/mol. The summed E-state index contributed by atoms with van der Waals surface area (Å²) in [4.78, 5) is 61.7. The number of aromatic nitrogens is 3. The van der Waals surface area contributed by atoms with Crippen LogP contribution in [0, 0.1) is 5.92 Å². The molecule has 0 saturated heterocycles. The fourth-order valence-electron chi connectivity index (χ4n) is 5.59. The molecule has 3 atom stereocenters. The summed E-state index contributed by atoms with van der Waals surface area (Å²) >= 11 is 6.01. The summed E-state index contributed by atoms with van der Waals surface area (Å²) < 4.78 is 43.5. The van der Waals surface area contributed by atoms with Gasteiger partial charge in [-0.1, -0.05) is 43.5 Å². The summed E-state index contributed by atoms with van der Waals surface area (Å²) in [6, 6.07) is 10.4. The van der Waals surface area contributed by atoms with E-state index in [9.17, 15) is 37.5 Å². The first-order chi connectivity index (χ1) is 24.2. The number of hydrogen-bond donors (Lipinski definition) is 6. The summed E-state index contributed by atoms with van der Waals surface area (Å²) in [5.41, 5.74) is 0.698. The number of carboxylic acid groups (broad SMARTS) is 1. The van der Waals surface area contributed by atoms with Crippen molar-refractivity contribution >= 4 is 52.9 Å². The van der Waals surface area contributed by atoms with E-state index in [1.807, 2.05) is 19.1 Å². The lowest BCUT2D eigenvalue weighted by Gasteiger charge is -2.29. The summed E-state index contributed by atoms with van der Waals surface area (Å²) in [5.74, 6) is -4.08. The molecule has 3 amide bonds. The molecule has 1 heterocycles. The summed E-state index contributed by atoms with van der Waals surface area (Å²) in [7, 11) is 0. The van der Waals surface area contributed by atoms with Crippen LogP contribution in [0.2, 0.25) is 5.02 Å². The van der Waals surface area contributed by atoms with Gasteiger partial charge in [0.05, 0.1) is 5.54 Å². The normalized spacial score (nSPS) is 18.5. The van der Waals surface area contributed by atoms with Gasteiger partial charge in [-0.15, -0.1) is 0 Å². The van der Waals surface area contributed by atoms with E-state index in [4.69, 9.17) is 16.3 Å². The summed E-state index contributed by atoms with van der Waals surface area (Å²) in [6.45, 7) is -0.181. The third-order valence-corrected chi connectivity index (χ3v) is 8.84. The minimum atomic E-state index is -4.64. The number of carbonyl (C=O) groups is 4. The standard InChI is InChI=1S/C33H36ClF3N8O6/c1-18-4-2-3-5-23(18)40-27(48)26(47)38-16-24(28(49)50)41-25(46)19-6-12-22(13-7-19)39-29-42-30(44-31(43-29)51-17-33(35,36)37)45-32(14-15-32)20-8-10-21(34)11-9-20/h6-13,18,23-24H,2-5,14-17H2,1H3,(H,38,47)(H,40,48)(H,41,46)(H,49,50)(H2,39,42,43,44,45)/t18?,23?,24-/m0/s1. The number of aliphatic carboxylic acids is 1. The van der Waals surface area contributed by atoms with Gasteiger partial charge in [0.15, 0.2) is 6.61 Å². The zero-order chi connectivity index (χ0) is 36.8. The molecule has 5 rings (SSSR count). The third kappa shape index (κ3) is 10.4. The molecule has 2 unspecified atom stereocenters. The number of rotatable bonds is 13.